The molecule has 3 fully saturated rings. The van der Waals surface area contributed by atoms with E-state index in [0.717, 1.165) is 0 Å². The summed E-state index contributed by atoms with van der Waals surface area (Å²) in [6.45, 7) is -4.52. The smallest absolute Gasteiger partial charge is 0.362 e. The molecular formula is C70H87F4N18O18+. The van der Waals surface area contributed by atoms with Crippen molar-refractivity contribution in [3.8, 4) is 12.1 Å². The van der Waals surface area contributed by atoms with Crippen LogP contribution in [0.2, 0.25) is 0 Å². The predicted molar refractivity (Wildman–Crippen MR) is 379 cm³/mol. The van der Waals surface area contributed by atoms with Gasteiger partial charge in [-0.25, -0.2) is 22.4 Å². The Morgan fingerprint density at radius 2 is 0.945 bits per heavy atom. The molecular weight excluding hydrogens is 1460 g/mol. The molecule has 3 saturated heterocycles. The summed E-state index contributed by atoms with van der Waals surface area (Å²) < 4.78 is 55.8. The zero-order valence-electron chi connectivity index (χ0n) is 60.1. The highest BCUT2D eigenvalue weighted by Crippen LogP contribution is 2.34. The van der Waals surface area contributed by atoms with E-state index in [4.69, 9.17) is 0 Å². The van der Waals surface area contributed by atoms with Crippen LogP contribution in [0.15, 0.2) is 60.9 Å². The molecule has 3 aliphatic rings. The lowest BCUT2D eigenvalue weighted by Gasteiger charge is -2.42. The first-order valence-corrected chi connectivity index (χ1v) is 35.2. The number of rotatable bonds is 35. The average Bonchev–Trinajstić information content (AvgIpc) is 1.12. The number of hydrogen-bond donors (Lipinski definition) is 12. The number of anilines is 2. The summed E-state index contributed by atoms with van der Waals surface area (Å²) in [5.41, 5.74) is 0.550. The molecule has 36 nitrogen and oxygen atoms in total. The fourth-order valence-electron chi connectivity index (χ4n) is 12.9. The van der Waals surface area contributed by atoms with Crippen molar-refractivity contribution >= 4 is 116 Å². The first kappa shape index (κ1) is 85.6. The third-order valence-corrected chi connectivity index (χ3v) is 18.7. The molecule has 12 N–H and O–H groups in total. The van der Waals surface area contributed by atoms with Crippen LogP contribution in [0.5, 0.6) is 0 Å². The molecule has 2 unspecified atom stereocenters. The van der Waals surface area contributed by atoms with Crippen LogP contribution in [-0.4, -0.2) is 303 Å². The highest BCUT2D eigenvalue weighted by atomic mass is 19.3. The zero-order valence-corrected chi connectivity index (χ0v) is 60.1. The van der Waals surface area contributed by atoms with Gasteiger partial charge in [0.2, 0.25) is 47.3 Å². The Bertz CT molecular complexity index is 4170. The van der Waals surface area contributed by atoms with Crippen molar-refractivity contribution in [1.29, 1.82) is 10.5 Å². The highest BCUT2D eigenvalue weighted by Gasteiger charge is 2.49. The summed E-state index contributed by atoms with van der Waals surface area (Å²) in [7, 11) is 1.61. The van der Waals surface area contributed by atoms with Crippen LogP contribution >= 0.6 is 0 Å². The molecule has 7 rings (SSSR count). The summed E-state index contributed by atoms with van der Waals surface area (Å²) in [4.78, 5) is 196. The van der Waals surface area contributed by atoms with E-state index >= 15 is 0 Å². The molecule has 0 aliphatic carbocycles. The molecule has 5 heterocycles. The molecule has 4 atom stereocenters. The molecule has 0 radical (unpaired) electrons. The number of para-hydroxylation sites is 2. The van der Waals surface area contributed by atoms with Crippen LogP contribution in [0.1, 0.15) is 91.3 Å². The fourth-order valence-corrected chi connectivity index (χ4v) is 12.9. The third-order valence-electron chi connectivity index (χ3n) is 18.7. The molecule has 2 aromatic carbocycles. The number of nitrogens with one attached hydrogen (secondary N) is 8. The number of nitriles is 2. The first-order valence-electron chi connectivity index (χ1n) is 35.2. The maximum atomic E-state index is 14.0. The van der Waals surface area contributed by atoms with Crippen molar-refractivity contribution in [2.45, 2.75) is 107 Å². The van der Waals surface area contributed by atoms with Crippen molar-refractivity contribution in [2.75, 3.05) is 135 Å². The lowest BCUT2D eigenvalue weighted by atomic mass is 10.1. The summed E-state index contributed by atoms with van der Waals surface area (Å²) in [6.07, 6.45) is -0.954. The molecule has 110 heavy (non-hydrogen) atoms. The number of carboxylic acids is 4. The lowest BCUT2D eigenvalue weighted by Crippen LogP contribution is -2.61. The van der Waals surface area contributed by atoms with E-state index in [1.807, 2.05) is 0 Å². The Morgan fingerprint density at radius 3 is 1.39 bits per heavy atom. The van der Waals surface area contributed by atoms with Crippen molar-refractivity contribution < 1.29 is 110 Å². The molecule has 3 aliphatic heterocycles. The van der Waals surface area contributed by atoms with Gasteiger partial charge in [0, 0.05) is 133 Å². The second-order valence-corrected chi connectivity index (χ2v) is 27.0. The molecule has 592 valence electrons. The minimum atomic E-state index is -3.28. The Morgan fingerprint density at radius 1 is 0.527 bits per heavy atom. The fraction of sp³-hybridized carbons (Fsp3) is 0.514. The number of aliphatic carboxylic acids is 4. The minimum Gasteiger partial charge on any atom is -0.480 e. The van der Waals surface area contributed by atoms with Gasteiger partial charge in [-0.3, -0.25) is 87.0 Å². The number of carboxylic acid groups (broad SMARTS) is 4. The molecule has 0 saturated carbocycles. The molecule has 4 aromatic rings. The number of amides is 10. The van der Waals surface area contributed by atoms with Crippen molar-refractivity contribution in [1.82, 2.24) is 66.4 Å². The van der Waals surface area contributed by atoms with E-state index in [-0.39, 0.29) is 166 Å². The van der Waals surface area contributed by atoms with Gasteiger partial charge in [-0.2, -0.15) is 10.5 Å². The topological polar surface area (TPSA) is 506 Å². The van der Waals surface area contributed by atoms with Crippen LogP contribution in [0, 0.1) is 22.7 Å². The first-order chi connectivity index (χ1) is 52.2. The predicted octanol–water partition coefficient (Wildman–Crippen LogP) is -0.243. The average molecular weight is 1540 g/mol. The zero-order chi connectivity index (χ0) is 80.5. The number of carbonyl (C=O) groups is 14. The van der Waals surface area contributed by atoms with E-state index in [1.54, 1.807) is 33.9 Å². The van der Waals surface area contributed by atoms with Crippen LogP contribution in [0.25, 0.3) is 21.8 Å². The number of aromatic nitrogens is 2. The highest BCUT2D eigenvalue weighted by molar-refractivity contribution is 6.12. The summed E-state index contributed by atoms with van der Waals surface area (Å²) in [5.74, 6) is -18.7. The van der Waals surface area contributed by atoms with Gasteiger partial charge in [0.1, 0.15) is 18.1 Å². The quantitative estimate of drug-likeness (QED) is 0.0161. The van der Waals surface area contributed by atoms with Gasteiger partial charge < -0.3 is 77.2 Å². The van der Waals surface area contributed by atoms with Crippen molar-refractivity contribution in [3.63, 3.8) is 0 Å². The number of carbonyl (C=O) groups excluding carboxylic acids is 10. The number of unbranched alkanes of at least 4 members (excludes halogenated alkanes) is 1. The monoisotopic (exact) mass is 1540 g/mol. The van der Waals surface area contributed by atoms with Gasteiger partial charge in [-0.15, -0.1) is 0 Å². The summed E-state index contributed by atoms with van der Waals surface area (Å²) in [5, 5.41) is 79.2. The maximum Gasteiger partial charge on any atom is 0.362 e. The van der Waals surface area contributed by atoms with E-state index in [9.17, 15) is 116 Å². The summed E-state index contributed by atoms with van der Waals surface area (Å²) >= 11 is 0. The number of benzene rings is 2. The number of pyridine rings is 2. The molecule has 40 heteroatoms. The van der Waals surface area contributed by atoms with Crippen LogP contribution in [-0.2, 0) is 57.5 Å². The van der Waals surface area contributed by atoms with Crippen LogP contribution in [0.4, 0.5) is 28.9 Å². The van der Waals surface area contributed by atoms with Crippen LogP contribution < -0.4 is 42.5 Å². The third kappa shape index (κ3) is 25.8. The minimum absolute atomic E-state index is 0.0119. The molecule has 0 bridgehead atoms. The summed E-state index contributed by atoms with van der Waals surface area (Å²) in [6, 6.07) is 9.63. The number of hydrogen-bond acceptors (Lipinski definition) is 21. The Hall–Kier alpha value is -11.6. The second-order valence-electron chi connectivity index (χ2n) is 27.0. The van der Waals surface area contributed by atoms with Gasteiger partial charge in [-0.1, -0.05) is 24.3 Å². The molecule has 10 amide bonds. The maximum absolute atomic E-state index is 14.0. The largest absolute Gasteiger partial charge is 0.480 e. The number of alkyl halides is 4. The molecule has 2 aromatic heterocycles. The second kappa shape index (κ2) is 40.0. The number of quaternary nitrogens is 1. The van der Waals surface area contributed by atoms with E-state index in [2.05, 4.69) is 52.5 Å². The van der Waals surface area contributed by atoms with Gasteiger partial charge >= 0.3 is 23.9 Å². The lowest BCUT2D eigenvalue weighted by molar-refractivity contribution is -0.924. The standard InChI is InChI=1S/C70H86F4N18O18/c1-92(30-28-88(39-61(102)103)26-24-87(38-60(100)101)25-27-89(29-31-92)40-62(104)105)52(68(109)110)11-12-53(93)78-22-23-81-67(108)51(86-57(97)16-15-56(96)85-50-10-5-7-46-48(18-21-80-64(46)50)66(107)83-37-59(99)91-42-70(73,74)33-44(91)35-76)8-2-3-19-77-54(94)13-14-55(95)84-49-9-4-6-45-47(17-20-79-63(45)49)65(106)82-36-58(98)90-41-69(71,72)32-43(90)34-75/h4-7,9-10,17-18,20-21,43-44,51-52H,2-3,8,11-16,19,22-33,36-42H2,1H3,(H11-,77,78,81,82,83,84,85,86,93,94,95,96,97,100,101,102,103,104,105,106,107,108,109,110)/p+1/t43-,44-,51?,52?/m0/s1. The number of nitrogens with zero attached hydrogens (tertiary/aromatic N) is 10. The Labute approximate surface area is 626 Å². The van der Waals surface area contributed by atoms with E-state index in [0.29, 0.717) is 9.80 Å². The number of fused-ring (bicyclic) bond motifs is 2. The van der Waals surface area contributed by atoms with Gasteiger partial charge in [0.25, 0.3) is 23.7 Å². The molecule has 0 spiro atoms. The van der Waals surface area contributed by atoms with Gasteiger partial charge in [0.15, 0.2) is 6.04 Å². The SMILES string of the molecule is C[N+]1(C(CCC(=O)NCCNC(=O)C(CCCCNC(=O)CCC(=O)Nc2cccc3c(C(=O)NCC(=O)N4CC(F)(F)C[C@H]4C#N)ccnc23)NC(=O)CCC(=O)Nc2cccc3c(C(=O)NCC(=O)N4CC(F)(F)C[C@H]4C#N)ccnc23)C(=O)O)CCN(CC(=O)O)CCN(CC(=O)O)CCN(CC(=O)O)CC1. The van der Waals surface area contributed by atoms with Gasteiger partial charge in [0.05, 0.1) is 112 Å². The Kier molecular flexibility index (Phi) is 31.1. The van der Waals surface area contributed by atoms with Crippen molar-refractivity contribution in [2.24, 2.45) is 0 Å². The van der Waals surface area contributed by atoms with E-state index < -0.39 is 190 Å². The Balaban J connectivity index is 0.935. The van der Waals surface area contributed by atoms with Crippen molar-refractivity contribution in [3.05, 3.63) is 72.1 Å². The normalized spacial score (nSPS) is 17.8. The van der Waals surface area contributed by atoms with Gasteiger partial charge in [-0.05, 0) is 43.5 Å². The van der Waals surface area contributed by atoms with Crippen LogP contribution in [0.3, 0.4) is 0 Å². The number of halogens is 4. The number of likely N-dealkylation sites (N-methyl/N-ethyl adjacent to an activating group) is 1. The van der Waals surface area contributed by atoms with E-state index in [1.165, 1.54) is 60.9 Å². The number of likely N-dealkylation sites (tertiary alicyclic amines) is 2.